The summed E-state index contributed by atoms with van der Waals surface area (Å²) < 4.78 is 21.2. The highest BCUT2D eigenvalue weighted by atomic mass is 16.9. The Bertz CT molecular complexity index is 258. The first-order chi connectivity index (χ1) is 6.59. The van der Waals surface area contributed by atoms with E-state index in [2.05, 4.69) is 0 Å². The van der Waals surface area contributed by atoms with E-state index in [1.165, 1.54) is 0 Å². The first-order valence-corrected chi connectivity index (χ1v) is 4.60. The number of hydrogen-bond donors (Lipinski definition) is 2. The predicted molar refractivity (Wildman–Crippen MR) is 41.0 cm³/mol. The number of aliphatic hydroxyl groups excluding tert-OH is 2. The molecule has 3 heterocycles. The van der Waals surface area contributed by atoms with Gasteiger partial charge in [-0.15, -0.1) is 0 Å². The molecule has 3 fully saturated rings. The van der Waals surface area contributed by atoms with Gasteiger partial charge in [-0.2, -0.15) is 0 Å². The van der Waals surface area contributed by atoms with Crippen LogP contribution in [0.1, 0.15) is 6.92 Å². The maximum Gasteiger partial charge on any atom is 0.280 e. The fourth-order valence-corrected chi connectivity index (χ4v) is 2.16. The first kappa shape index (κ1) is 9.02. The van der Waals surface area contributed by atoms with Crippen LogP contribution in [0.2, 0.25) is 0 Å². The summed E-state index contributed by atoms with van der Waals surface area (Å²) in [6, 6.07) is 0. The Morgan fingerprint density at radius 3 is 2.79 bits per heavy atom. The minimum Gasteiger partial charge on any atom is -0.385 e. The lowest BCUT2D eigenvalue weighted by Gasteiger charge is -2.35. The topological polar surface area (TPSA) is 77.4 Å². The van der Waals surface area contributed by atoms with Gasteiger partial charge in [-0.1, -0.05) is 0 Å². The minimum atomic E-state index is -1.20. The Hall–Kier alpha value is -0.240. The van der Waals surface area contributed by atoms with Gasteiger partial charge in [0.25, 0.3) is 5.97 Å². The zero-order valence-electron chi connectivity index (χ0n) is 7.62. The minimum absolute atomic E-state index is 0.273. The van der Waals surface area contributed by atoms with Gasteiger partial charge in [-0.05, 0) is 0 Å². The molecule has 0 radical (unpaired) electrons. The molecule has 14 heavy (non-hydrogen) atoms. The lowest BCUT2D eigenvalue weighted by atomic mass is 10.1. The smallest absolute Gasteiger partial charge is 0.280 e. The fraction of sp³-hybridized carbons (Fsp3) is 1.00. The van der Waals surface area contributed by atoms with Crippen molar-refractivity contribution in [2.45, 2.75) is 43.6 Å². The van der Waals surface area contributed by atoms with Crippen LogP contribution in [0.25, 0.3) is 0 Å². The van der Waals surface area contributed by atoms with Crippen LogP contribution in [0, 0.1) is 0 Å². The molecule has 6 nitrogen and oxygen atoms in total. The second-order valence-corrected chi connectivity index (χ2v) is 3.89. The van der Waals surface area contributed by atoms with E-state index in [1.807, 2.05) is 0 Å². The van der Waals surface area contributed by atoms with Gasteiger partial charge in [0, 0.05) is 6.92 Å². The normalized spacial score (nSPS) is 61.5. The molecule has 3 rings (SSSR count). The van der Waals surface area contributed by atoms with Gasteiger partial charge in [-0.3, -0.25) is 0 Å². The van der Waals surface area contributed by atoms with E-state index < -0.39 is 30.6 Å². The van der Waals surface area contributed by atoms with Crippen molar-refractivity contribution in [3.8, 4) is 0 Å². The van der Waals surface area contributed by atoms with E-state index in [0.717, 1.165) is 0 Å². The second-order valence-electron chi connectivity index (χ2n) is 3.89. The molecule has 80 valence electrons. The number of ether oxygens (including phenoxy) is 4. The van der Waals surface area contributed by atoms with Gasteiger partial charge >= 0.3 is 0 Å². The molecule has 0 aromatic heterocycles. The van der Waals surface area contributed by atoms with Crippen molar-refractivity contribution in [3.63, 3.8) is 0 Å². The zero-order valence-corrected chi connectivity index (χ0v) is 7.62. The molecular formula is C8H12O6. The maximum absolute atomic E-state index is 9.56. The highest BCUT2D eigenvalue weighted by Crippen LogP contribution is 2.41. The molecule has 0 aromatic carbocycles. The Labute approximate surface area is 80.3 Å². The van der Waals surface area contributed by atoms with Crippen LogP contribution >= 0.6 is 0 Å². The molecule has 0 amide bonds. The SMILES string of the molecule is CC12OC[C@@H](O1)[C@H]1O[C@H](O)[C@H](O)[C@H]1O2. The summed E-state index contributed by atoms with van der Waals surface area (Å²) in [5.74, 6) is -1.10. The number of rotatable bonds is 0. The average Bonchev–Trinajstić information content (AvgIpc) is 2.59. The third kappa shape index (κ3) is 1.06. The fourth-order valence-electron chi connectivity index (χ4n) is 2.16. The van der Waals surface area contributed by atoms with Crippen molar-refractivity contribution in [1.82, 2.24) is 0 Å². The quantitative estimate of drug-likeness (QED) is 0.503. The molecule has 6 atom stereocenters. The molecule has 0 aliphatic carbocycles. The maximum atomic E-state index is 9.56. The molecule has 3 aliphatic rings. The largest absolute Gasteiger partial charge is 0.385 e. The number of hydrogen-bond acceptors (Lipinski definition) is 6. The molecule has 6 heteroatoms. The van der Waals surface area contributed by atoms with Gasteiger partial charge in [0.2, 0.25) is 0 Å². The standard InChI is InChI=1S/C8H12O6/c1-8-11-2-3(13-8)5-6(14-8)4(9)7(10)12-5/h3-7,9-10H,2H2,1H3/t3-,4-,5-,6-,7+,8?/m1/s1. The number of fused-ring (bicyclic) bond motifs is 4. The van der Waals surface area contributed by atoms with Crippen molar-refractivity contribution in [2.75, 3.05) is 6.61 Å². The summed E-state index contributed by atoms with van der Waals surface area (Å²) in [6.07, 6.45) is -3.53. The van der Waals surface area contributed by atoms with Crippen molar-refractivity contribution in [1.29, 1.82) is 0 Å². The summed E-state index contributed by atoms with van der Waals surface area (Å²) in [5.41, 5.74) is 0. The van der Waals surface area contributed by atoms with Crippen LogP contribution in [0.3, 0.4) is 0 Å². The second kappa shape index (κ2) is 2.66. The van der Waals surface area contributed by atoms with E-state index in [1.54, 1.807) is 6.92 Å². The Kier molecular flexibility index (Phi) is 1.71. The van der Waals surface area contributed by atoms with E-state index in [-0.39, 0.29) is 6.10 Å². The van der Waals surface area contributed by atoms with Crippen LogP contribution in [0.15, 0.2) is 0 Å². The highest BCUT2D eigenvalue weighted by molar-refractivity contribution is 4.97. The third-order valence-electron chi connectivity index (χ3n) is 2.84. The molecule has 1 unspecified atom stereocenters. The number of aliphatic hydroxyl groups is 2. The van der Waals surface area contributed by atoms with Crippen molar-refractivity contribution in [2.24, 2.45) is 0 Å². The lowest BCUT2D eigenvalue weighted by molar-refractivity contribution is -0.378. The zero-order chi connectivity index (χ0) is 9.92. The molecule has 3 aliphatic heterocycles. The Morgan fingerprint density at radius 2 is 2.00 bits per heavy atom. The molecule has 0 spiro atoms. The van der Waals surface area contributed by atoms with E-state index >= 15 is 0 Å². The highest BCUT2D eigenvalue weighted by Gasteiger charge is 2.59. The van der Waals surface area contributed by atoms with Crippen LogP contribution < -0.4 is 0 Å². The van der Waals surface area contributed by atoms with Gasteiger partial charge in [-0.25, -0.2) is 0 Å². The van der Waals surface area contributed by atoms with E-state index in [9.17, 15) is 10.2 Å². The molecule has 3 saturated heterocycles. The summed E-state index contributed by atoms with van der Waals surface area (Å²) in [5, 5.41) is 18.9. The third-order valence-corrected chi connectivity index (χ3v) is 2.84. The summed E-state index contributed by atoms with van der Waals surface area (Å²) in [6.45, 7) is 2.00. The van der Waals surface area contributed by atoms with Crippen molar-refractivity contribution < 1.29 is 29.2 Å². The van der Waals surface area contributed by atoms with Crippen LogP contribution in [0.4, 0.5) is 0 Å². The monoisotopic (exact) mass is 204 g/mol. The van der Waals surface area contributed by atoms with Gasteiger partial charge < -0.3 is 29.2 Å². The van der Waals surface area contributed by atoms with Crippen molar-refractivity contribution >= 4 is 0 Å². The summed E-state index contributed by atoms with van der Waals surface area (Å²) >= 11 is 0. The summed E-state index contributed by atoms with van der Waals surface area (Å²) in [7, 11) is 0. The Morgan fingerprint density at radius 1 is 1.21 bits per heavy atom. The molecule has 0 saturated carbocycles. The van der Waals surface area contributed by atoms with E-state index in [0.29, 0.717) is 6.61 Å². The Balaban J connectivity index is 1.88. The summed E-state index contributed by atoms with van der Waals surface area (Å²) in [4.78, 5) is 0. The molecular weight excluding hydrogens is 192 g/mol. The van der Waals surface area contributed by atoms with Crippen LogP contribution in [-0.2, 0) is 18.9 Å². The first-order valence-electron chi connectivity index (χ1n) is 4.60. The van der Waals surface area contributed by atoms with Gasteiger partial charge in [0.05, 0.1) is 6.61 Å². The van der Waals surface area contributed by atoms with Crippen LogP contribution in [-0.4, -0.2) is 53.5 Å². The van der Waals surface area contributed by atoms with E-state index in [4.69, 9.17) is 18.9 Å². The van der Waals surface area contributed by atoms with Gasteiger partial charge in [0.1, 0.15) is 24.4 Å². The predicted octanol–water partition coefficient (Wildman–Crippen LogP) is -1.45. The molecule has 2 N–H and O–H groups in total. The van der Waals surface area contributed by atoms with Crippen LogP contribution in [0.5, 0.6) is 0 Å². The lowest BCUT2D eigenvalue weighted by Crippen LogP contribution is -2.51. The molecule has 2 bridgehead atoms. The van der Waals surface area contributed by atoms with Gasteiger partial charge in [0.15, 0.2) is 6.29 Å². The molecule has 0 aromatic rings. The van der Waals surface area contributed by atoms with Crippen molar-refractivity contribution in [3.05, 3.63) is 0 Å². The average molecular weight is 204 g/mol.